The van der Waals surface area contributed by atoms with Crippen molar-refractivity contribution in [2.45, 2.75) is 62.7 Å². The largest absolute Gasteiger partial charge is 0.481 e. The summed E-state index contributed by atoms with van der Waals surface area (Å²) in [6, 6.07) is 2.06. The summed E-state index contributed by atoms with van der Waals surface area (Å²) in [5.41, 5.74) is 7.17. The van der Waals surface area contributed by atoms with Crippen LogP contribution in [0.25, 0.3) is 10.9 Å². The number of benzene rings is 1. The Bertz CT molecular complexity index is 1250. The zero-order valence-electron chi connectivity index (χ0n) is 22.4. The maximum atomic E-state index is 13.2. The molecular formula is C26H35N5O9S. The van der Waals surface area contributed by atoms with Gasteiger partial charge >= 0.3 is 17.9 Å². The van der Waals surface area contributed by atoms with Gasteiger partial charge in [-0.2, -0.15) is 11.8 Å². The van der Waals surface area contributed by atoms with Crippen LogP contribution in [0.4, 0.5) is 0 Å². The van der Waals surface area contributed by atoms with E-state index in [1.54, 1.807) is 24.6 Å². The molecule has 0 saturated carbocycles. The van der Waals surface area contributed by atoms with Crippen LogP contribution in [0.15, 0.2) is 30.5 Å². The van der Waals surface area contributed by atoms with Crippen molar-refractivity contribution in [1.82, 2.24) is 20.9 Å². The van der Waals surface area contributed by atoms with Crippen LogP contribution < -0.4 is 21.7 Å². The first-order valence-electron chi connectivity index (χ1n) is 12.8. The molecule has 15 heteroatoms. The number of thioether (sulfide) groups is 1. The minimum Gasteiger partial charge on any atom is -0.481 e. The zero-order valence-corrected chi connectivity index (χ0v) is 23.2. The van der Waals surface area contributed by atoms with Gasteiger partial charge in [0.1, 0.15) is 18.1 Å². The van der Waals surface area contributed by atoms with Gasteiger partial charge in [0.15, 0.2) is 0 Å². The molecule has 0 aliphatic heterocycles. The molecule has 14 nitrogen and oxygen atoms in total. The van der Waals surface area contributed by atoms with E-state index in [4.69, 9.17) is 15.9 Å². The van der Waals surface area contributed by atoms with Gasteiger partial charge in [-0.25, -0.2) is 4.79 Å². The number of para-hydroxylation sites is 1. The van der Waals surface area contributed by atoms with Gasteiger partial charge in [-0.3, -0.25) is 24.0 Å². The number of aliphatic carboxylic acids is 3. The smallest absolute Gasteiger partial charge is 0.326 e. The Kier molecular flexibility index (Phi) is 13.1. The van der Waals surface area contributed by atoms with E-state index in [2.05, 4.69) is 20.9 Å². The van der Waals surface area contributed by atoms with Gasteiger partial charge in [0, 0.05) is 36.4 Å². The molecule has 4 unspecified atom stereocenters. The van der Waals surface area contributed by atoms with E-state index in [-0.39, 0.29) is 32.1 Å². The molecule has 1 heterocycles. The predicted molar refractivity (Wildman–Crippen MR) is 150 cm³/mol. The Hall–Kier alpha value is -4.11. The second-order valence-electron chi connectivity index (χ2n) is 9.34. The number of aromatic amines is 1. The summed E-state index contributed by atoms with van der Waals surface area (Å²) < 4.78 is 0. The maximum Gasteiger partial charge on any atom is 0.326 e. The number of amides is 3. The fourth-order valence-electron chi connectivity index (χ4n) is 4.00. The van der Waals surface area contributed by atoms with Crippen molar-refractivity contribution in [2.75, 3.05) is 12.0 Å². The highest BCUT2D eigenvalue weighted by atomic mass is 32.2. The normalized spacial score (nSPS) is 13.9. The summed E-state index contributed by atoms with van der Waals surface area (Å²) >= 11 is 1.39. The second-order valence-corrected chi connectivity index (χ2v) is 10.3. The summed E-state index contributed by atoms with van der Waals surface area (Å²) in [7, 11) is 0. The molecule has 0 radical (unpaired) electrons. The highest BCUT2D eigenvalue weighted by Crippen LogP contribution is 2.19. The molecule has 0 fully saturated rings. The summed E-state index contributed by atoms with van der Waals surface area (Å²) in [6.07, 6.45) is 2.12. The molecule has 41 heavy (non-hydrogen) atoms. The van der Waals surface area contributed by atoms with Crippen molar-refractivity contribution in [3.05, 3.63) is 36.0 Å². The first kappa shape index (κ1) is 33.1. The number of carboxylic acid groups (broad SMARTS) is 3. The number of H-pyrrole nitrogens is 1. The first-order chi connectivity index (χ1) is 19.4. The third-order valence-electron chi connectivity index (χ3n) is 6.24. The number of fused-ring (bicyclic) bond motifs is 1. The van der Waals surface area contributed by atoms with Crippen LogP contribution in [0.1, 0.15) is 37.7 Å². The number of carbonyl (C=O) groups excluding carboxylic acids is 3. The van der Waals surface area contributed by atoms with Crippen molar-refractivity contribution in [3.63, 3.8) is 0 Å². The van der Waals surface area contributed by atoms with Gasteiger partial charge in [-0.1, -0.05) is 18.2 Å². The molecule has 9 N–H and O–H groups in total. The number of hydrogen-bond donors (Lipinski definition) is 8. The van der Waals surface area contributed by atoms with E-state index < -0.39 is 66.2 Å². The zero-order chi connectivity index (χ0) is 30.5. The molecule has 4 atom stereocenters. The molecule has 1 aromatic heterocycles. The molecular weight excluding hydrogens is 558 g/mol. The summed E-state index contributed by atoms with van der Waals surface area (Å²) in [6.45, 7) is 0. The number of nitrogens with one attached hydrogen (secondary N) is 4. The number of aromatic nitrogens is 1. The average Bonchev–Trinajstić information content (AvgIpc) is 3.33. The monoisotopic (exact) mass is 593 g/mol. The van der Waals surface area contributed by atoms with Gasteiger partial charge in [0.05, 0.1) is 6.04 Å². The number of carbonyl (C=O) groups is 6. The lowest BCUT2D eigenvalue weighted by molar-refractivity contribution is -0.143. The first-order valence-corrected chi connectivity index (χ1v) is 14.2. The Morgan fingerprint density at radius 2 is 1.39 bits per heavy atom. The molecule has 0 bridgehead atoms. The number of hydrogen-bond acceptors (Lipinski definition) is 8. The maximum absolute atomic E-state index is 13.2. The Morgan fingerprint density at radius 1 is 0.829 bits per heavy atom. The fraction of sp³-hybridized carbons (Fsp3) is 0.462. The second kappa shape index (κ2) is 16.2. The number of carboxylic acids is 3. The fourth-order valence-corrected chi connectivity index (χ4v) is 4.47. The van der Waals surface area contributed by atoms with Gasteiger partial charge in [-0.15, -0.1) is 0 Å². The summed E-state index contributed by atoms with van der Waals surface area (Å²) in [4.78, 5) is 75.8. The van der Waals surface area contributed by atoms with Gasteiger partial charge in [-0.05, 0) is 42.9 Å². The van der Waals surface area contributed by atoms with E-state index >= 15 is 0 Å². The lowest BCUT2D eigenvalue weighted by atomic mass is 10.0. The SMILES string of the molecule is CSCCC(NC(=O)C(N)CCC(=O)O)C(=O)NC(CCC(=O)O)C(=O)NC(Cc1c[nH]c2ccccc12)C(=O)O. The van der Waals surface area contributed by atoms with Crippen molar-refractivity contribution in [1.29, 1.82) is 0 Å². The highest BCUT2D eigenvalue weighted by Gasteiger charge is 2.31. The van der Waals surface area contributed by atoms with Gasteiger partial charge in [0.25, 0.3) is 0 Å². The topological polar surface area (TPSA) is 241 Å². The Balaban J connectivity index is 2.17. The molecule has 0 aliphatic carbocycles. The van der Waals surface area contributed by atoms with Crippen LogP contribution in [-0.4, -0.2) is 92.1 Å². The number of nitrogens with two attached hydrogens (primary N) is 1. The van der Waals surface area contributed by atoms with Crippen LogP contribution >= 0.6 is 11.8 Å². The summed E-state index contributed by atoms with van der Waals surface area (Å²) in [5, 5.41) is 35.8. The van der Waals surface area contributed by atoms with Crippen molar-refractivity contribution >= 4 is 58.3 Å². The molecule has 0 saturated heterocycles. The third kappa shape index (κ3) is 10.8. The molecule has 2 rings (SSSR count). The molecule has 0 aliphatic rings. The quantitative estimate of drug-likeness (QED) is 0.115. The van der Waals surface area contributed by atoms with Crippen LogP contribution in [0.5, 0.6) is 0 Å². The lowest BCUT2D eigenvalue weighted by Crippen LogP contribution is -2.57. The predicted octanol–water partition coefficient (Wildman–Crippen LogP) is 0.0594. The highest BCUT2D eigenvalue weighted by molar-refractivity contribution is 7.98. The van der Waals surface area contributed by atoms with Crippen molar-refractivity contribution in [2.24, 2.45) is 5.73 Å². The van der Waals surface area contributed by atoms with Crippen molar-refractivity contribution in [3.8, 4) is 0 Å². The molecule has 3 amide bonds. The molecule has 0 spiro atoms. The molecule has 224 valence electrons. The third-order valence-corrected chi connectivity index (χ3v) is 6.89. The Morgan fingerprint density at radius 3 is 2.00 bits per heavy atom. The van der Waals surface area contributed by atoms with Crippen LogP contribution in [-0.2, 0) is 35.2 Å². The molecule has 2 aromatic rings. The summed E-state index contributed by atoms with van der Waals surface area (Å²) in [5.74, 6) is -5.73. The minimum absolute atomic E-state index is 0.0781. The van der Waals surface area contributed by atoms with E-state index in [1.807, 2.05) is 12.1 Å². The van der Waals surface area contributed by atoms with Crippen LogP contribution in [0, 0.1) is 0 Å². The van der Waals surface area contributed by atoms with E-state index in [9.17, 15) is 33.9 Å². The minimum atomic E-state index is -1.42. The van der Waals surface area contributed by atoms with Gasteiger partial charge < -0.3 is 42.0 Å². The Labute approximate surface area is 239 Å². The van der Waals surface area contributed by atoms with E-state index in [0.29, 0.717) is 11.3 Å². The van der Waals surface area contributed by atoms with E-state index in [1.165, 1.54) is 11.8 Å². The lowest BCUT2D eigenvalue weighted by Gasteiger charge is -2.25. The molecule has 1 aromatic carbocycles. The average molecular weight is 594 g/mol. The van der Waals surface area contributed by atoms with Crippen LogP contribution in [0.3, 0.4) is 0 Å². The van der Waals surface area contributed by atoms with Crippen LogP contribution in [0.2, 0.25) is 0 Å². The van der Waals surface area contributed by atoms with Gasteiger partial charge in [0.2, 0.25) is 17.7 Å². The standard InChI is InChI=1S/C26H35N5O9S/c1-41-11-10-19(29-23(36)16(27)6-8-21(32)33)25(38)30-18(7-9-22(34)35)24(37)31-20(26(39)40)12-14-13-28-17-5-3-2-4-15(14)17/h2-5,13,16,18-20,28H,6-12,27H2,1H3,(H,29,36)(H,30,38)(H,31,37)(H,32,33)(H,34,35)(H,39,40). The van der Waals surface area contributed by atoms with E-state index in [0.717, 1.165) is 10.9 Å². The number of rotatable bonds is 18. The van der Waals surface area contributed by atoms with Crippen molar-refractivity contribution < 1.29 is 44.1 Å².